The molecule has 0 saturated carbocycles. The molecule has 0 unspecified atom stereocenters. The van der Waals surface area contributed by atoms with Crippen LogP contribution in [-0.4, -0.2) is 16.7 Å². The van der Waals surface area contributed by atoms with E-state index >= 15 is 0 Å². The summed E-state index contributed by atoms with van der Waals surface area (Å²) < 4.78 is 7.83. The number of aromatic nitrogens is 2. The molecular formula is C52H36N2O. The molecule has 3 heteroatoms. The number of ether oxygens (including phenoxy) is 1. The molecular weight excluding hydrogens is 669 g/mol. The molecule has 9 aromatic carbocycles. The van der Waals surface area contributed by atoms with Gasteiger partial charge in [-0.3, -0.25) is 4.57 Å². The lowest BCUT2D eigenvalue weighted by atomic mass is 9.85. The highest BCUT2D eigenvalue weighted by molar-refractivity contribution is 6.21. The summed E-state index contributed by atoms with van der Waals surface area (Å²) in [5.41, 5.74) is 11.1. The molecule has 10 aromatic rings. The van der Waals surface area contributed by atoms with E-state index in [1.165, 1.54) is 49.0 Å². The molecule has 0 saturated heterocycles. The normalized spacial score (nSPS) is 11.4. The zero-order valence-corrected chi connectivity index (χ0v) is 30.4. The first kappa shape index (κ1) is 32.4. The number of nitrogens with zero attached hydrogens (tertiary/aromatic N) is 2. The summed E-state index contributed by atoms with van der Waals surface area (Å²) in [5, 5.41) is 7.43. The minimum absolute atomic E-state index is 0.809. The van der Waals surface area contributed by atoms with E-state index in [1.807, 2.05) is 18.2 Å². The maximum Gasteiger partial charge on any atom is 0.145 e. The van der Waals surface area contributed by atoms with E-state index in [1.54, 1.807) is 7.11 Å². The number of imidazole rings is 1. The van der Waals surface area contributed by atoms with E-state index in [2.05, 4.69) is 187 Å². The number of methoxy groups -OCH3 is 1. The largest absolute Gasteiger partial charge is 0.497 e. The topological polar surface area (TPSA) is 27.1 Å². The lowest BCUT2D eigenvalue weighted by molar-refractivity contribution is 0.415. The highest BCUT2D eigenvalue weighted by atomic mass is 16.5. The van der Waals surface area contributed by atoms with Gasteiger partial charge in [0.2, 0.25) is 0 Å². The van der Waals surface area contributed by atoms with Gasteiger partial charge in [-0.1, -0.05) is 158 Å². The maximum absolute atomic E-state index is 5.53. The maximum atomic E-state index is 5.53. The standard InChI is InChI=1S/C52H36N2O/c1-55-43-32-28-39(29-33-43)52-53-50(37-15-4-2-5-16-37)51(38-17-6-3-7-18-38)54(52)42-30-26-36(27-31-42)48-44-20-10-12-22-46(44)49(47-23-13-11-21-45(47)48)41-25-24-35-14-8-9-19-40(35)34-41/h2-34H,1H3. The summed E-state index contributed by atoms with van der Waals surface area (Å²) >= 11 is 0. The first-order chi connectivity index (χ1) is 27.2. The zero-order chi connectivity index (χ0) is 36.7. The molecule has 0 spiro atoms. The van der Waals surface area contributed by atoms with Crippen LogP contribution in [0.5, 0.6) is 5.75 Å². The third kappa shape index (κ3) is 5.65. The molecule has 0 fully saturated rings. The van der Waals surface area contributed by atoms with Gasteiger partial charge in [-0.2, -0.15) is 0 Å². The molecule has 1 aromatic heterocycles. The van der Waals surface area contributed by atoms with E-state index in [-0.39, 0.29) is 0 Å². The summed E-state index contributed by atoms with van der Waals surface area (Å²) in [6, 6.07) is 71.4. The van der Waals surface area contributed by atoms with Gasteiger partial charge in [-0.05, 0) is 97.0 Å². The van der Waals surface area contributed by atoms with Crippen molar-refractivity contribution in [2.75, 3.05) is 7.11 Å². The Morgan fingerprint density at radius 3 is 1.49 bits per heavy atom. The molecule has 0 amide bonds. The fourth-order valence-electron chi connectivity index (χ4n) is 8.14. The van der Waals surface area contributed by atoms with Crippen LogP contribution in [0.3, 0.4) is 0 Å². The van der Waals surface area contributed by atoms with Gasteiger partial charge in [-0.15, -0.1) is 0 Å². The molecule has 0 aliphatic heterocycles. The highest BCUT2D eigenvalue weighted by Crippen LogP contribution is 2.45. The van der Waals surface area contributed by atoms with Crippen LogP contribution < -0.4 is 4.74 Å². The summed E-state index contributed by atoms with van der Waals surface area (Å²) in [6.07, 6.45) is 0. The van der Waals surface area contributed by atoms with Crippen molar-refractivity contribution in [1.29, 1.82) is 0 Å². The van der Waals surface area contributed by atoms with Crippen molar-refractivity contribution >= 4 is 32.3 Å². The summed E-state index contributed by atoms with van der Waals surface area (Å²) in [6.45, 7) is 0. The van der Waals surface area contributed by atoms with Crippen LogP contribution >= 0.6 is 0 Å². The van der Waals surface area contributed by atoms with Crippen LogP contribution in [-0.2, 0) is 0 Å². The first-order valence-electron chi connectivity index (χ1n) is 18.7. The Morgan fingerprint density at radius 1 is 0.400 bits per heavy atom. The van der Waals surface area contributed by atoms with Gasteiger partial charge >= 0.3 is 0 Å². The zero-order valence-electron chi connectivity index (χ0n) is 30.4. The van der Waals surface area contributed by atoms with Gasteiger partial charge in [0.25, 0.3) is 0 Å². The Bertz CT molecular complexity index is 2930. The molecule has 10 rings (SSSR count). The number of hydrogen-bond donors (Lipinski definition) is 0. The molecule has 0 aliphatic carbocycles. The van der Waals surface area contributed by atoms with E-state index in [0.717, 1.165) is 50.9 Å². The Balaban J connectivity index is 1.19. The first-order valence-corrected chi connectivity index (χ1v) is 18.7. The second-order valence-electron chi connectivity index (χ2n) is 13.9. The van der Waals surface area contributed by atoms with Crippen LogP contribution in [0.2, 0.25) is 0 Å². The van der Waals surface area contributed by atoms with Gasteiger partial charge in [-0.25, -0.2) is 4.98 Å². The van der Waals surface area contributed by atoms with Crippen LogP contribution in [0.25, 0.3) is 94.2 Å². The van der Waals surface area contributed by atoms with Crippen molar-refractivity contribution in [2.45, 2.75) is 0 Å². The van der Waals surface area contributed by atoms with E-state index in [0.29, 0.717) is 0 Å². The second-order valence-corrected chi connectivity index (χ2v) is 13.9. The average Bonchev–Trinajstić information content (AvgIpc) is 3.67. The van der Waals surface area contributed by atoms with Gasteiger partial charge in [0.05, 0.1) is 18.5 Å². The van der Waals surface area contributed by atoms with Crippen LogP contribution in [0.15, 0.2) is 200 Å². The summed E-state index contributed by atoms with van der Waals surface area (Å²) in [7, 11) is 1.70. The lowest BCUT2D eigenvalue weighted by Crippen LogP contribution is -2.00. The molecule has 0 aliphatic rings. The lowest BCUT2D eigenvalue weighted by Gasteiger charge is -2.19. The minimum Gasteiger partial charge on any atom is -0.497 e. The number of hydrogen-bond acceptors (Lipinski definition) is 2. The van der Waals surface area contributed by atoms with Crippen molar-refractivity contribution < 1.29 is 4.74 Å². The number of benzene rings is 9. The van der Waals surface area contributed by atoms with E-state index in [4.69, 9.17) is 9.72 Å². The molecule has 3 nitrogen and oxygen atoms in total. The fraction of sp³-hybridized carbons (Fsp3) is 0.0192. The van der Waals surface area contributed by atoms with Crippen LogP contribution in [0.1, 0.15) is 0 Å². The Labute approximate surface area is 320 Å². The average molecular weight is 705 g/mol. The predicted octanol–water partition coefficient (Wildman–Crippen LogP) is 13.7. The van der Waals surface area contributed by atoms with Crippen molar-refractivity contribution in [3.8, 4) is 67.6 Å². The molecule has 0 radical (unpaired) electrons. The van der Waals surface area contributed by atoms with E-state index in [9.17, 15) is 0 Å². The smallest absolute Gasteiger partial charge is 0.145 e. The van der Waals surface area contributed by atoms with E-state index < -0.39 is 0 Å². The summed E-state index contributed by atoms with van der Waals surface area (Å²) in [5.74, 6) is 1.67. The Hall–Kier alpha value is -7.23. The molecule has 0 bridgehead atoms. The Morgan fingerprint density at radius 2 is 0.891 bits per heavy atom. The third-order valence-electron chi connectivity index (χ3n) is 10.7. The van der Waals surface area contributed by atoms with Gasteiger partial charge in [0, 0.05) is 22.4 Å². The SMILES string of the molecule is COc1ccc(-c2nc(-c3ccccc3)c(-c3ccccc3)n2-c2ccc(-c3c4ccccc4c(-c4ccc5ccccc5c4)c4ccccc34)cc2)cc1. The van der Waals surface area contributed by atoms with Crippen molar-refractivity contribution in [3.63, 3.8) is 0 Å². The van der Waals surface area contributed by atoms with Gasteiger partial charge in [0.1, 0.15) is 11.6 Å². The minimum atomic E-state index is 0.809. The molecule has 0 atom stereocenters. The van der Waals surface area contributed by atoms with Crippen LogP contribution in [0, 0.1) is 0 Å². The number of rotatable bonds is 7. The van der Waals surface area contributed by atoms with Crippen molar-refractivity contribution in [2.24, 2.45) is 0 Å². The molecule has 1 heterocycles. The highest BCUT2D eigenvalue weighted by Gasteiger charge is 2.23. The molecule has 55 heavy (non-hydrogen) atoms. The van der Waals surface area contributed by atoms with Crippen molar-refractivity contribution in [1.82, 2.24) is 9.55 Å². The third-order valence-corrected chi connectivity index (χ3v) is 10.7. The quantitative estimate of drug-likeness (QED) is 0.154. The fourth-order valence-corrected chi connectivity index (χ4v) is 8.14. The van der Waals surface area contributed by atoms with Gasteiger partial charge in [0.15, 0.2) is 0 Å². The van der Waals surface area contributed by atoms with Crippen molar-refractivity contribution in [3.05, 3.63) is 200 Å². The van der Waals surface area contributed by atoms with Gasteiger partial charge < -0.3 is 4.74 Å². The monoisotopic (exact) mass is 704 g/mol. The summed E-state index contributed by atoms with van der Waals surface area (Å²) in [4.78, 5) is 5.40. The van der Waals surface area contributed by atoms with Crippen LogP contribution in [0.4, 0.5) is 0 Å². The molecule has 0 N–H and O–H groups in total. The Kier molecular flexibility index (Phi) is 8.04. The number of fused-ring (bicyclic) bond motifs is 3. The molecule has 260 valence electrons. The second kappa shape index (κ2) is 13.6. The predicted molar refractivity (Wildman–Crippen MR) is 230 cm³/mol.